The number of carbonyl (C=O) groups excluding carboxylic acids is 7. The lowest BCUT2D eigenvalue weighted by molar-refractivity contribution is -0.143. The standard InChI is InChI=1S/C52H94N7O23P/c1-30(63)55-43-37(23-33(26-60)46(70)49(43)73)79-20-8-5-11-40(67)53-14-16-58(42(69)13-7-10-22-81-39-25-35(28-62)48(72)51(75)45(39)57-32(3)65)18-19-59(52(76)36(66)29-82-83(4,77)78)17-15-54-41(68)12-6-9-21-80-38-24-34(27-61)47(71)50(74)44(38)56-31(2)64/h33-39,43-51,60-62,66,70-75H,5-29H2,1-4H3,(H,53,67)(H,54,68)(H,55,63)(H,56,64)(H,57,65)(H,77,78)/t33?,34?,35?,36?,37-,38-,39-,43-,44-,45-,46+,47+,48+,49?,50?,51?/m1/s1. The zero-order chi connectivity index (χ0) is 62.0. The van der Waals surface area contributed by atoms with Crippen molar-refractivity contribution in [3.05, 3.63) is 0 Å². The van der Waals surface area contributed by atoms with Crippen LogP contribution in [0.3, 0.4) is 0 Å². The Balaban J connectivity index is 1.65. The van der Waals surface area contributed by atoms with Crippen molar-refractivity contribution >= 4 is 48.9 Å². The van der Waals surface area contributed by atoms with Crippen LogP contribution < -0.4 is 26.6 Å². The number of hydrogen-bond donors (Lipinski definition) is 16. The number of unbranched alkanes of at least 4 members (excludes halogenated alkanes) is 3. The zero-order valence-corrected chi connectivity index (χ0v) is 49.0. The van der Waals surface area contributed by atoms with Crippen LogP contribution in [0.25, 0.3) is 0 Å². The summed E-state index contributed by atoms with van der Waals surface area (Å²) in [6, 6.07) is -2.83. The Hall–Kier alpha value is -4.08. The predicted octanol–water partition coefficient (Wildman–Crippen LogP) is -5.55. The number of aliphatic hydroxyl groups is 10. The molecule has 480 valence electrons. The zero-order valence-electron chi connectivity index (χ0n) is 48.1. The molecule has 0 aliphatic heterocycles. The van der Waals surface area contributed by atoms with Gasteiger partial charge in [0.2, 0.25) is 35.4 Å². The van der Waals surface area contributed by atoms with Crippen molar-refractivity contribution in [1.82, 2.24) is 36.4 Å². The monoisotopic (exact) mass is 1220 g/mol. The van der Waals surface area contributed by atoms with E-state index in [2.05, 4.69) is 26.6 Å². The van der Waals surface area contributed by atoms with Gasteiger partial charge in [0.1, 0.15) is 18.3 Å². The highest BCUT2D eigenvalue weighted by atomic mass is 31.2. The Morgan fingerprint density at radius 1 is 0.518 bits per heavy atom. The second kappa shape index (κ2) is 37.5. The molecule has 3 fully saturated rings. The van der Waals surface area contributed by atoms with Gasteiger partial charge in [0.25, 0.3) is 5.91 Å². The smallest absolute Gasteiger partial charge is 0.325 e. The SMILES string of the molecule is CC(=O)N[C@H]1C(O)[C@@H](O)C(CO)C[C@H]1OCCCCC(=O)NCCN(CCN(CCNC(=O)CCCCO[C@@H]1CC(CO)[C@H](O)C(O)[C@@H]1NC(C)=O)C(=O)C(O)COP(C)(=O)O)C(=O)CCCCO[C@@H]1CC(CO)[C@H](O)C(O)[C@@H]1NC(C)=O. The third-order valence-corrected chi connectivity index (χ3v) is 15.7. The summed E-state index contributed by atoms with van der Waals surface area (Å²) in [7, 11) is -4.14. The average Bonchev–Trinajstić information content (AvgIpc) is 3.48. The van der Waals surface area contributed by atoms with E-state index in [1.54, 1.807) is 0 Å². The fourth-order valence-corrected chi connectivity index (χ4v) is 10.9. The van der Waals surface area contributed by atoms with Crippen molar-refractivity contribution in [2.75, 3.05) is 92.2 Å². The van der Waals surface area contributed by atoms with Crippen molar-refractivity contribution in [2.24, 2.45) is 17.8 Å². The topological polar surface area (TPSA) is 463 Å². The number of carbonyl (C=O) groups is 7. The van der Waals surface area contributed by atoms with Crippen molar-refractivity contribution < 1.29 is 113 Å². The normalized spacial score (nSPS) is 29.1. The first-order chi connectivity index (χ1) is 39.2. The third-order valence-electron chi connectivity index (χ3n) is 15.1. The van der Waals surface area contributed by atoms with E-state index in [4.69, 9.17) is 18.7 Å². The molecule has 0 radical (unpaired) electrons. The van der Waals surface area contributed by atoms with Gasteiger partial charge >= 0.3 is 7.60 Å². The molecule has 83 heavy (non-hydrogen) atoms. The van der Waals surface area contributed by atoms with Crippen LogP contribution >= 0.6 is 7.60 Å². The van der Waals surface area contributed by atoms with Crippen LogP contribution in [0.15, 0.2) is 0 Å². The maximum absolute atomic E-state index is 13.9. The first-order valence-corrected chi connectivity index (χ1v) is 30.6. The van der Waals surface area contributed by atoms with Gasteiger partial charge in [-0.15, -0.1) is 0 Å². The molecule has 3 rings (SSSR count). The summed E-state index contributed by atoms with van der Waals surface area (Å²) < 4.78 is 34.5. The molecule has 3 saturated carbocycles. The van der Waals surface area contributed by atoms with E-state index in [9.17, 15) is 94.1 Å². The predicted molar refractivity (Wildman–Crippen MR) is 292 cm³/mol. The number of nitrogens with one attached hydrogen (secondary N) is 5. The minimum atomic E-state index is -4.14. The molecule has 0 aromatic rings. The summed E-state index contributed by atoms with van der Waals surface area (Å²) in [5, 5.41) is 116. The van der Waals surface area contributed by atoms with Crippen molar-refractivity contribution in [3.63, 3.8) is 0 Å². The molecule has 0 aromatic carbocycles. The molecule has 31 heteroatoms. The maximum Gasteiger partial charge on any atom is 0.325 e. The summed E-state index contributed by atoms with van der Waals surface area (Å²) in [4.78, 5) is 101. The molecule has 16 N–H and O–H groups in total. The average molecular weight is 1220 g/mol. The van der Waals surface area contributed by atoms with Crippen LogP contribution in [0, 0.1) is 17.8 Å². The van der Waals surface area contributed by atoms with E-state index in [-0.39, 0.29) is 110 Å². The highest BCUT2D eigenvalue weighted by Crippen LogP contribution is 2.36. The molecule has 0 spiro atoms. The molecule has 17 atom stereocenters. The molecule has 0 bridgehead atoms. The fraction of sp³-hybridized carbons (Fsp3) is 0.865. The lowest BCUT2D eigenvalue weighted by atomic mass is 9.79. The van der Waals surface area contributed by atoms with Gasteiger partial charge in [-0.2, -0.15) is 0 Å². The molecule has 0 heterocycles. The van der Waals surface area contributed by atoms with E-state index in [1.165, 1.54) is 25.7 Å². The molecule has 0 aromatic heterocycles. The van der Waals surface area contributed by atoms with Crippen LogP contribution in [0.4, 0.5) is 0 Å². The number of hydrogen-bond acceptors (Lipinski definition) is 22. The first-order valence-electron chi connectivity index (χ1n) is 28.5. The number of rotatable bonds is 37. The lowest BCUT2D eigenvalue weighted by Gasteiger charge is -2.42. The van der Waals surface area contributed by atoms with E-state index >= 15 is 0 Å². The largest absolute Gasteiger partial charge is 0.396 e. The van der Waals surface area contributed by atoms with Gasteiger partial charge in [0.15, 0.2) is 6.10 Å². The lowest BCUT2D eigenvalue weighted by Crippen LogP contribution is -2.61. The van der Waals surface area contributed by atoms with E-state index in [0.717, 1.165) is 11.6 Å². The number of aliphatic hydroxyl groups excluding tert-OH is 10. The molecule has 0 saturated heterocycles. The molecular formula is C52H94N7O23P. The minimum absolute atomic E-state index is 0.0114. The van der Waals surface area contributed by atoms with Gasteiger partial charge in [0.05, 0.1) is 61.4 Å². The van der Waals surface area contributed by atoms with E-state index in [1.807, 2.05) is 0 Å². The Kier molecular flexibility index (Phi) is 33.0. The van der Waals surface area contributed by atoms with E-state index < -0.39 is 166 Å². The highest BCUT2D eigenvalue weighted by Gasteiger charge is 2.47. The van der Waals surface area contributed by atoms with Crippen LogP contribution in [-0.4, -0.2) is 278 Å². The van der Waals surface area contributed by atoms with Crippen LogP contribution in [0.1, 0.15) is 97.8 Å². The van der Waals surface area contributed by atoms with Gasteiger partial charge in [-0.05, 0) is 57.8 Å². The number of nitrogens with zero attached hydrogens (tertiary/aromatic N) is 2. The molecular weight excluding hydrogens is 1120 g/mol. The molecule has 3 aliphatic rings. The first kappa shape index (κ1) is 73.2. The van der Waals surface area contributed by atoms with E-state index in [0.29, 0.717) is 32.1 Å². The Morgan fingerprint density at radius 2 is 0.855 bits per heavy atom. The molecule has 8 unspecified atom stereocenters. The summed E-state index contributed by atoms with van der Waals surface area (Å²) >= 11 is 0. The summed E-state index contributed by atoms with van der Waals surface area (Å²) in [6.07, 6.45) is -9.79. The Labute approximate surface area is 483 Å². The van der Waals surface area contributed by atoms with Gasteiger partial charge in [-0.1, -0.05) is 0 Å². The highest BCUT2D eigenvalue weighted by molar-refractivity contribution is 7.51. The molecule has 7 amide bonds. The second-order valence-electron chi connectivity index (χ2n) is 21.8. The minimum Gasteiger partial charge on any atom is -0.396 e. The van der Waals surface area contributed by atoms with Gasteiger partial charge in [-0.3, -0.25) is 38.1 Å². The molecule has 30 nitrogen and oxygen atoms in total. The fourth-order valence-electron chi connectivity index (χ4n) is 10.5. The van der Waals surface area contributed by atoms with Crippen molar-refractivity contribution in [1.29, 1.82) is 0 Å². The summed E-state index contributed by atoms with van der Waals surface area (Å²) in [5.41, 5.74) is 0. The maximum atomic E-state index is 13.9. The van der Waals surface area contributed by atoms with Gasteiger partial charge in [0, 0.05) is 143 Å². The van der Waals surface area contributed by atoms with Crippen LogP contribution in [-0.2, 0) is 56.9 Å². The second-order valence-corrected chi connectivity index (χ2v) is 23.6. The summed E-state index contributed by atoms with van der Waals surface area (Å²) in [6.45, 7) is 1.96. The van der Waals surface area contributed by atoms with Crippen molar-refractivity contribution in [3.8, 4) is 0 Å². The molecule has 3 aliphatic carbocycles. The van der Waals surface area contributed by atoms with Gasteiger partial charge < -0.3 is 111 Å². The summed E-state index contributed by atoms with van der Waals surface area (Å²) in [5.74, 6) is -5.62. The number of amides is 7. The number of ether oxygens (including phenoxy) is 3. The quantitative estimate of drug-likeness (QED) is 0.0204. The Bertz CT molecular complexity index is 2070. The Morgan fingerprint density at radius 3 is 1.19 bits per heavy atom. The van der Waals surface area contributed by atoms with Crippen LogP contribution in [0.2, 0.25) is 0 Å². The third kappa shape index (κ3) is 25.4. The van der Waals surface area contributed by atoms with Crippen molar-refractivity contribution in [2.45, 2.75) is 177 Å². The van der Waals surface area contributed by atoms with Gasteiger partial charge in [-0.25, -0.2) is 0 Å². The van der Waals surface area contributed by atoms with Crippen LogP contribution in [0.5, 0.6) is 0 Å².